The van der Waals surface area contributed by atoms with E-state index >= 15 is 0 Å². The molecule has 2 heteroatoms. The van der Waals surface area contributed by atoms with Crippen molar-refractivity contribution in [1.82, 2.24) is 0 Å². The molecule has 0 saturated heterocycles. The number of carbonyl (C=O) groups is 1. The maximum absolute atomic E-state index is 10.1. The summed E-state index contributed by atoms with van der Waals surface area (Å²) in [6, 6.07) is 0. The molecular weight excluding hydrogens is 200 g/mol. The fourth-order valence-corrected chi connectivity index (χ4v) is 1.75. The van der Waals surface area contributed by atoms with Gasteiger partial charge in [-0.2, -0.15) is 0 Å². The molecule has 0 aliphatic carbocycles. The lowest BCUT2D eigenvalue weighted by atomic mass is 10.1. The second kappa shape index (κ2) is 12.3. The Morgan fingerprint density at radius 1 is 0.938 bits per heavy atom. The molecule has 0 aliphatic heterocycles. The lowest BCUT2D eigenvalue weighted by Gasteiger charge is -2.00. The van der Waals surface area contributed by atoms with E-state index in [9.17, 15) is 9.90 Å². The van der Waals surface area contributed by atoms with Crippen molar-refractivity contribution < 1.29 is 9.90 Å². The van der Waals surface area contributed by atoms with Gasteiger partial charge in [-0.1, -0.05) is 64.4 Å². The Balaban J connectivity index is 3.01. The van der Waals surface area contributed by atoms with Crippen LogP contribution in [0, 0.1) is 0 Å². The van der Waals surface area contributed by atoms with Crippen LogP contribution in [0.25, 0.3) is 0 Å². The standard InChI is InChI=1S/C14H26O2/c1-2-3-4-5-6-7-8-9-10-11-12-13-14(15)16/h12-13H,2-11H2,1H3,(H,15,16)/p-1/b13-12+. The summed E-state index contributed by atoms with van der Waals surface area (Å²) < 4.78 is 0. The third-order valence-corrected chi connectivity index (χ3v) is 2.73. The van der Waals surface area contributed by atoms with Crippen molar-refractivity contribution in [2.45, 2.75) is 71.1 Å². The molecule has 0 heterocycles. The number of unbranched alkanes of at least 4 members (excludes halogenated alkanes) is 9. The highest BCUT2D eigenvalue weighted by atomic mass is 16.4. The minimum atomic E-state index is -1.09. The summed E-state index contributed by atoms with van der Waals surface area (Å²) in [4.78, 5) is 10.1. The quantitative estimate of drug-likeness (QED) is 0.400. The molecule has 0 atom stereocenters. The van der Waals surface area contributed by atoms with Gasteiger partial charge >= 0.3 is 0 Å². The molecule has 0 aliphatic rings. The molecule has 0 N–H and O–H groups in total. The average Bonchev–Trinajstić information content (AvgIpc) is 2.25. The Labute approximate surface area is 99.7 Å². The van der Waals surface area contributed by atoms with E-state index < -0.39 is 5.97 Å². The molecular formula is C14H25O2-. The van der Waals surface area contributed by atoms with Crippen molar-refractivity contribution in [2.75, 3.05) is 0 Å². The van der Waals surface area contributed by atoms with E-state index in [1.54, 1.807) is 6.08 Å². The summed E-state index contributed by atoms with van der Waals surface area (Å²) in [5.41, 5.74) is 0. The first-order chi connectivity index (χ1) is 7.77. The molecule has 0 aromatic rings. The molecule has 2 nitrogen and oxygen atoms in total. The maximum atomic E-state index is 10.1. The van der Waals surface area contributed by atoms with E-state index in [1.807, 2.05) is 0 Å². The first-order valence-corrected chi connectivity index (χ1v) is 6.65. The van der Waals surface area contributed by atoms with Gasteiger partial charge in [0.1, 0.15) is 0 Å². The highest BCUT2D eigenvalue weighted by Crippen LogP contribution is 2.10. The van der Waals surface area contributed by atoms with Crippen LogP contribution in [0.4, 0.5) is 0 Å². The topological polar surface area (TPSA) is 40.1 Å². The smallest absolute Gasteiger partial charge is 0.0639 e. The van der Waals surface area contributed by atoms with Gasteiger partial charge in [0.2, 0.25) is 0 Å². The highest BCUT2D eigenvalue weighted by molar-refractivity contribution is 5.77. The summed E-state index contributed by atoms with van der Waals surface area (Å²) in [5.74, 6) is -1.09. The van der Waals surface area contributed by atoms with Gasteiger partial charge in [0, 0.05) is 0 Å². The van der Waals surface area contributed by atoms with Crippen LogP contribution in [-0.4, -0.2) is 5.97 Å². The first kappa shape index (κ1) is 15.2. The SMILES string of the molecule is CCCCCCCCCCC/C=C/C(=O)[O-]. The molecule has 0 fully saturated rings. The van der Waals surface area contributed by atoms with Gasteiger partial charge in [0.25, 0.3) is 0 Å². The largest absolute Gasteiger partial charge is 0.545 e. The number of hydrogen-bond donors (Lipinski definition) is 0. The fraction of sp³-hybridized carbons (Fsp3) is 0.786. The average molecular weight is 225 g/mol. The first-order valence-electron chi connectivity index (χ1n) is 6.65. The summed E-state index contributed by atoms with van der Waals surface area (Å²) in [5, 5.41) is 10.1. The summed E-state index contributed by atoms with van der Waals surface area (Å²) in [6.45, 7) is 2.24. The van der Waals surface area contributed by atoms with E-state index in [4.69, 9.17) is 0 Å². The van der Waals surface area contributed by atoms with Gasteiger partial charge in [-0.15, -0.1) is 0 Å². The van der Waals surface area contributed by atoms with E-state index in [1.165, 1.54) is 51.4 Å². The summed E-state index contributed by atoms with van der Waals surface area (Å²) >= 11 is 0. The van der Waals surface area contributed by atoms with Crippen molar-refractivity contribution in [2.24, 2.45) is 0 Å². The molecule has 0 rings (SSSR count). The Kier molecular flexibility index (Phi) is 11.7. The zero-order valence-corrected chi connectivity index (χ0v) is 10.5. The lowest BCUT2D eigenvalue weighted by Crippen LogP contribution is -2.18. The van der Waals surface area contributed by atoms with Gasteiger partial charge in [-0.3, -0.25) is 0 Å². The predicted molar refractivity (Wildman–Crippen MR) is 66.0 cm³/mol. The van der Waals surface area contributed by atoms with Crippen LogP contribution in [0.2, 0.25) is 0 Å². The minimum absolute atomic E-state index is 0.865. The summed E-state index contributed by atoms with van der Waals surface area (Å²) in [7, 11) is 0. The Morgan fingerprint density at radius 3 is 1.94 bits per heavy atom. The molecule has 0 aromatic carbocycles. The third-order valence-electron chi connectivity index (χ3n) is 2.73. The normalized spacial score (nSPS) is 11.1. The van der Waals surface area contributed by atoms with Crippen molar-refractivity contribution >= 4 is 5.97 Å². The molecule has 0 unspecified atom stereocenters. The Bertz CT molecular complexity index is 185. The van der Waals surface area contributed by atoms with Crippen LogP contribution >= 0.6 is 0 Å². The number of carbonyl (C=O) groups excluding carboxylic acids is 1. The Hall–Kier alpha value is -0.790. The lowest BCUT2D eigenvalue weighted by molar-refractivity contribution is -0.297. The molecule has 0 spiro atoms. The van der Waals surface area contributed by atoms with E-state index in [2.05, 4.69) is 6.92 Å². The highest BCUT2D eigenvalue weighted by Gasteiger charge is 1.90. The second-order valence-corrected chi connectivity index (χ2v) is 4.34. The number of rotatable bonds is 11. The van der Waals surface area contributed by atoms with Crippen LogP contribution in [0.1, 0.15) is 71.1 Å². The number of carboxylic acid groups (broad SMARTS) is 1. The van der Waals surface area contributed by atoms with Crippen LogP contribution in [0.5, 0.6) is 0 Å². The van der Waals surface area contributed by atoms with Crippen molar-refractivity contribution in [3.05, 3.63) is 12.2 Å². The fourth-order valence-electron chi connectivity index (χ4n) is 1.75. The van der Waals surface area contributed by atoms with Crippen molar-refractivity contribution in [3.8, 4) is 0 Å². The van der Waals surface area contributed by atoms with Gasteiger partial charge in [-0.05, 0) is 18.9 Å². The number of allylic oxidation sites excluding steroid dienone is 1. The van der Waals surface area contributed by atoms with Crippen LogP contribution < -0.4 is 5.11 Å². The monoisotopic (exact) mass is 225 g/mol. The second-order valence-electron chi connectivity index (χ2n) is 4.34. The van der Waals surface area contributed by atoms with Crippen molar-refractivity contribution in [1.29, 1.82) is 0 Å². The van der Waals surface area contributed by atoms with Crippen LogP contribution in [0.3, 0.4) is 0 Å². The molecule has 0 radical (unpaired) electrons. The van der Waals surface area contributed by atoms with Crippen molar-refractivity contribution in [3.63, 3.8) is 0 Å². The molecule has 94 valence electrons. The van der Waals surface area contributed by atoms with Gasteiger partial charge in [0.05, 0.1) is 5.97 Å². The van der Waals surface area contributed by atoms with Crippen LogP contribution in [0.15, 0.2) is 12.2 Å². The molecule has 0 amide bonds. The number of carboxylic acids is 1. The minimum Gasteiger partial charge on any atom is -0.545 e. The molecule has 0 aromatic heterocycles. The zero-order valence-electron chi connectivity index (χ0n) is 10.5. The van der Waals surface area contributed by atoms with E-state index in [0.717, 1.165) is 18.9 Å². The summed E-state index contributed by atoms with van der Waals surface area (Å²) in [6.07, 6.45) is 15.4. The number of hydrogen-bond acceptors (Lipinski definition) is 2. The zero-order chi connectivity index (χ0) is 12.1. The van der Waals surface area contributed by atoms with Gasteiger partial charge < -0.3 is 9.90 Å². The molecule has 0 bridgehead atoms. The van der Waals surface area contributed by atoms with Gasteiger partial charge in [0.15, 0.2) is 0 Å². The third kappa shape index (κ3) is 13.2. The molecule has 16 heavy (non-hydrogen) atoms. The Morgan fingerprint density at radius 2 is 1.44 bits per heavy atom. The van der Waals surface area contributed by atoms with Crippen LogP contribution in [-0.2, 0) is 4.79 Å². The van der Waals surface area contributed by atoms with Gasteiger partial charge in [-0.25, -0.2) is 0 Å². The molecule has 0 saturated carbocycles. The number of aliphatic carboxylic acids is 1. The van der Waals surface area contributed by atoms with E-state index in [0.29, 0.717) is 0 Å². The predicted octanol–water partition coefficient (Wildman–Crippen LogP) is 3.21. The van der Waals surface area contributed by atoms with E-state index in [-0.39, 0.29) is 0 Å². The maximum Gasteiger partial charge on any atom is 0.0639 e.